The van der Waals surface area contributed by atoms with E-state index in [9.17, 15) is 0 Å². The highest BCUT2D eigenvalue weighted by Crippen LogP contribution is 1.85. The van der Waals surface area contributed by atoms with Crippen molar-refractivity contribution < 1.29 is 0 Å². The molecule has 0 bridgehead atoms. The van der Waals surface area contributed by atoms with E-state index in [1.807, 2.05) is 47.6 Å². The summed E-state index contributed by atoms with van der Waals surface area (Å²) >= 11 is 0. The molecular formula is C18H37N3. The Balaban J connectivity index is -0.0000000642. The van der Waals surface area contributed by atoms with Crippen molar-refractivity contribution in [3.8, 4) is 6.07 Å². The van der Waals surface area contributed by atoms with E-state index in [4.69, 9.17) is 5.26 Å². The van der Waals surface area contributed by atoms with Gasteiger partial charge in [0, 0.05) is 12.8 Å². The van der Waals surface area contributed by atoms with E-state index in [0.717, 1.165) is 5.71 Å². The number of nitrogens with zero attached hydrogens (tertiary/aromatic N) is 2. The van der Waals surface area contributed by atoms with E-state index in [2.05, 4.69) is 37.3 Å². The van der Waals surface area contributed by atoms with Gasteiger partial charge in [-0.15, -0.1) is 13.2 Å². The van der Waals surface area contributed by atoms with Crippen molar-refractivity contribution >= 4 is 5.71 Å². The maximum Gasteiger partial charge on any atom is 0.131 e. The summed E-state index contributed by atoms with van der Waals surface area (Å²) in [4.78, 5) is 3.94. The van der Waals surface area contributed by atoms with Crippen molar-refractivity contribution in [3.05, 3.63) is 37.2 Å². The van der Waals surface area contributed by atoms with Gasteiger partial charge in [-0.05, 0) is 27.7 Å². The third kappa shape index (κ3) is 92.3. The summed E-state index contributed by atoms with van der Waals surface area (Å²) in [5.74, 6) is 0. The molecule has 3 nitrogen and oxygen atoms in total. The summed E-state index contributed by atoms with van der Waals surface area (Å²) in [6.07, 6.45) is 6.26. The highest BCUT2D eigenvalue weighted by Gasteiger charge is 1.84. The Morgan fingerprint density at radius 3 is 1.57 bits per heavy atom. The molecule has 0 atom stereocenters. The zero-order valence-electron chi connectivity index (χ0n) is 15.7. The van der Waals surface area contributed by atoms with E-state index in [-0.39, 0.29) is 0 Å². The molecule has 0 radical (unpaired) electrons. The van der Waals surface area contributed by atoms with Gasteiger partial charge in [0.05, 0.1) is 6.20 Å². The summed E-state index contributed by atoms with van der Waals surface area (Å²) in [5, 5.41) is 11.1. The second-order valence-electron chi connectivity index (χ2n) is 3.50. The third-order valence-electron chi connectivity index (χ3n) is 0.842. The van der Waals surface area contributed by atoms with Gasteiger partial charge in [-0.1, -0.05) is 46.3 Å². The fourth-order valence-corrected chi connectivity index (χ4v) is 0.343. The molecule has 0 spiro atoms. The topological polar surface area (TPSA) is 48.2 Å². The van der Waals surface area contributed by atoms with Crippen LogP contribution < -0.4 is 5.32 Å². The predicted molar refractivity (Wildman–Crippen MR) is 101 cm³/mol. The van der Waals surface area contributed by atoms with Crippen LogP contribution in [-0.2, 0) is 0 Å². The number of rotatable bonds is 2. The molecule has 0 saturated heterocycles. The monoisotopic (exact) mass is 295 g/mol. The van der Waals surface area contributed by atoms with Crippen LogP contribution >= 0.6 is 0 Å². The van der Waals surface area contributed by atoms with Crippen molar-refractivity contribution in [2.75, 3.05) is 7.05 Å². The molecule has 0 amide bonds. The van der Waals surface area contributed by atoms with Crippen molar-refractivity contribution in [1.82, 2.24) is 5.32 Å². The van der Waals surface area contributed by atoms with Crippen LogP contribution in [0.4, 0.5) is 0 Å². The minimum atomic E-state index is 0.473. The van der Waals surface area contributed by atoms with Gasteiger partial charge in [0.25, 0.3) is 0 Å². The second-order valence-corrected chi connectivity index (χ2v) is 3.50. The van der Waals surface area contributed by atoms with Gasteiger partial charge < -0.3 is 5.32 Å². The summed E-state index contributed by atoms with van der Waals surface area (Å²) in [7, 11) is 1.69. The Hall–Kier alpha value is -1.82. The summed E-state index contributed by atoms with van der Waals surface area (Å²) in [6.45, 7) is 22.5. The highest BCUT2D eigenvalue weighted by molar-refractivity contribution is 5.79. The van der Waals surface area contributed by atoms with E-state index >= 15 is 0 Å². The van der Waals surface area contributed by atoms with E-state index in [1.165, 1.54) is 12.6 Å². The Kier molecular flexibility index (Phi) is 64.4. The van der Waals surface area contributed by atoms with Gasteiger partial charge in [-0.3, -0.25) is 4.99 Å². The molecule has 0 aromatic rings. The lowest BCUT2D eigenvalue weighted by Gasteiger charge is -1.90. The summed E-state index contributed by atoms with van der Waals surface area (Å²) < 4.78 is 0. The quantitative estimate of drug-likeness (QED) is 0.393. The minimum absolute atomic E-state index is 0.473. The molecule has 0 heterocycles. The lowest BCUT2D eigenvalue weighted by molar-refractivity contribution is 1.03. The average Bonchev–Trinajstić information content (AvgIpc) is 2.44. The highest BCUT2D eigenvalue weighted by atomic mass is 14.9. The van der Waals surface area contributed by atoms with Crippen LogP contribution in [0.3, 0.4) is 0 Å². The molecule has 0 fully saturated rings. The zero-order chi connectivity index (χ0) is 18.1. The van der Waals surface area contributed by atoms with Gasteiger partial charge in [0.15, 0.2) is 0 Å². The number of hydrogen-bond donors (Lipinski definition) is 1. The fraction of sp³-hybridized carbons (Fsp3) is 0.556. The van der Waals surface area contributed by atoms with E-state index in [1.54, 1.807) is 19.2 Å². The Morgan fingerprint density at radius 1 is 1.14 bits per heavy atom. The molecule has 0 unspecified atom stereocenters. The van der Waals surface area contributed by atoms with Gasteiger partial charge >= 0.3 is 0 Å². The van der Waals surface area contributed by atoms with Crippen LogP contribution in [0.15, 0.2) is 42.2 Å². The maximum absolute atomic E-state index is 8.39. The first-order valence-corrected chi connectivity index (χ1v) is 7.38. The van der Waals surface area contributed by atoms with E-state index in [0.29, 0.717) is 5.70 Å². The lowest BCUT2D eigenvalue weighted by Crippen LogP contribution is -2.02. The van der Waals surface area contributed by atoms with Crippen LogP contribution in [0, 0.1) is 11.3 Å². The standard InChI is InChI=1S/C7H11N3.C3H8.2C3H6.C2H6/c1-6(2)10-5-7(4-8)9-3;3*1-3-2;1-2/h5,9H,1-3H3;3H2,1-2H3;2*3H,1H2,2H3;1-2H3/b7-5-;;;;. The first-order chi connectivity index (χ1) is 9.94. The number of aliphatic imine (C=N–C) groups is 1. The maximum atomic E-state index is 8.39. The number of nitrogens with one attached hydrogen (secondary N) is 1. The molecule has 124 valence electrons. The van der Waals surface area contributed by atoms with Gasteiger partial charge in [-0.25, -0.2) is 0 Å². The molecule has 1 N–H and O–H groups in total. The van der Waals surface area contributed by atoms with Crippen LogP contribution in [-0.4, -0.2) is 12.8 Å². The van der Waals surface area contributed by atoms with Crippen LogP contribution in [0.1, 0.15) is 61.8 Å². The SMILES string of the molecule is C=CC.C=CC.CC.CCC.CN/C(C#N)=C\N=C(C)C. The average molecular weight is 296 g/mol. The first kappa shape index (κ1) is 31.5. The van der Waals surface area contributed by atoms with Crippen molar-refractivity contribution in [1.29, 1.82) is 5.26 Å². The van der Waals surface area contributed by atoms with Gasteiger partial charge in [0.2, 0.25) is 0 Å². The lowest BCUT2D eigenvalue weighted by atomic mass is 10.5. The molecule has 0 aliphatic rings. The predicted octanol–water partition coefficient (Wildman–Crippen LogP) is 5.88. The summed E-state index contributed by atoms with van der Waals surface area (Å²) in [6, 6.07) is 1.95. The van der Waals surface area contributed by atoms with Crippen molar-refractivity contribution in [2.24, 2.45) is 4.99 Å². The Bertz CT molecular complexity index is 271. The molecule has 0 saturated carbocycles. The van der Waals surface area contributed by atoms with Crippen molar-refractivity contribution in [3.63, 3.8) is 0 Å². The summed E-state index contributed by atoms with van der Waals surface area (Å²) in [5.41, 5.74) is 1.41. The molecule has 0 aromatic carbocycles. The second kappa shape index (κ2) is 42.9. The first-order valence-electron chi connectivity index (χ1n) is 7.38. The number of hydrogen-bond acceptors (Lipinski definition) is 3. The van der Waals surface area contributed by atoms with Crippen LogP contribution in [0.5, 0.6) is 0 Å². The smallest absolute Gasteiger partial charge is 0.131 e. The van der Waals surface area contributed by atoms with Gasteiger partial charge in [0.1, 0.15) is 11.8 Å². The molecule has 0 rings (SSSR count). The molecule has 3 heteroatoms. The normalized spacial score (nSPS) is 7.14. The van der Waals surface area contributed by atoms with Crippen LogP contribution in [0.2, 0.25) is 0 Å². The molecule has 0 aliphatic heterocycles. The van der Waals surface area contributed by atoms with Crippen LogP contribution in [0.25, 0.3) is 0 Å². The fourth-order valence-electron chi connectivity index (χ4n) is 0.343. The molecular weight excluding hydrogens is 258 g/mol. The number of allylic oxidation sites excluding steroid dienone is 3. The third-order valence-corrected chi connectivity index (χ3v) is 0.842. The Labute approximate surface area is 134 Å². The number of nitriles is 1. The van der Waals surface area contributed by atoms with Gasteiger partial charge in [-0.2, -0.15) is 5.26 Å². The van der Waals surface area contributed by atoms with E-state index < -0.39 is 0 Å². The molecule has 21 heavy (non-hydrogen) atoms. The zero-order valence-corrected chi connectivity index (χ0v) is 15.7. The minimum Gasteiger partial charge on any atom is -0.378 e. The largest absolute Gasteiger partial charge is 0.378 e. The molecule has 0 aromatic heterocycles. The molecule has 0 aliphatic carbocycles. The van der Waals surface area contributed by atoms with Crippen molar-refractivity contribution in [2.45, 2.75) is 61.8 Å². The Morgan fingerprint density at radius 2 is 1.43 bits per heavy atom.